The van der Waals surface area contributed by atoms with Gasteiger partial charge in [0.2, 0.25) is 0 Å². The third-order valence-corrected chi connectivity index (χ3v) is 3.44. The van der Waals surface area contributed by atoms with Crippen LogP contribution >= 0.6 is 0 Å². The maximum Gasteiger partial charge on any atom is 0.326 e. The number of amides is 1. The van der Waals surface area contributed by atoms with Gasteiger partial charge < -0.3 is 10.4 Å². The lowest BCUT2D eigenvalue weighted by Crippen LogP contribution is -2.42. The van der Waals surface area contributed by atoms with Crippen LogP contribution in [0.1, 0.15) is 36.3 Å². The van der Waals surface area contributed by atoms with Gasteiger partial charge in [-0.05, 0) is 31.4 Å². The second-order valence-electron chi connectivity index (χ2n) is 5.93. The number of aromatic nitrogens is 2. The van der Waals surface area contributed by atoms with Crippen molar-refractivity contribution < 1.29 is 14.7 Å². The van der Waals surface area contributed by atoms with Crippen LogP contribution in [0.15, 0.2) is 36.5 Å². The van der Waals surface area contributed by atoms with E-state index < -0.39 is 17.9 Å². The molecule has 2 rings (SSSR count). The molecular weight excluding hydrogens is 294 g/mol. The lowest BCUT2D eigenvalue weighted by Gasteiger charge is -2.15. The van der Waals surface area contributed by atoms with Crippen LogP contribution in [0, 0.1) is 12.8 Å². The average molecular weight is 315 g/mol. The average Bonchev–Trinajstić information content (AvgIpc) is 2.89. The van der Waals surface area contributed by atoms with Crippen LogP contribution in [0.4, 0.5) is 0 Å². The Hall–Kier alpha value is -2.63. The van der Waals surface area contributed by atoms with Crippen molar-refractivity contribution in [2.75, 3.05) is 0 Å². The molecule has 2 aromatic rings. The molecule has 23 heavy (non-hydrogen) atoms. The van der Waals surface area contributed by atoms with E-state index in [4.69, 9.17) is 0 Å². The summed E-state index contributed by atoms with van der Waals surface area (Å²) in [5, 5.41) is 16.1. The number of nitrogens with zero attached hydrogens (tertiary/aromatic N) is 2. The van der Waals surface area contributed by atoms with Gasteiger partial charge in [-0.1, -0.05) is 32.0 Å². The number of carbonyl (C=O) groups is 2. The highest BCUT2D eigenvalue weighted by Gasteiger charge is 2.24. The van der Waals surface area contributed by atoms with Crippen molar-refractivity contribution in [2.24, 2.45) is 5.92 Å². The fraction of sp³-hybridized carbons (Fsp3) is 0.353. The zero-order chi connectivity index (χ0) is 17.0. The van der Waals surface area contributed by atoms with Crippen molar-refractivity contribution in [3.8, 4) is 5.69 Å². The fourth-order valence-corrected chi connectivity index (χ4v) is 2.32. The summed E-state index contributed by atoms with van der Waals surface area (Å²) in [7, 11) is 0. The molecule has 1 aromatic heterocycles. The molecule has 0 unspecified atom stereocenters. The first-order chi connectivity index (χ1) is 10.9. The van der Waals surface area contributed by atoms with Crippen molar-refractivity contribution in [2.45, 2.75) is 33.2 Å². The normalized spacial score (nSPS) is 12.2. The second-order valence-corrected chi connectivity index (χ2v) is 5.93. The molecule has 0 aliphatic rings. The quantitative estimate of drug-likeness (QED) is 0.857. The Morgan fingerprint density at radius 2 is 1.91 bits per heavy atom. The summed E-state index contributed by atoms with van der Waals surface area (Å²) < 4.78 is 1.61. The molecule has 0 spiro atoms. The van der Waals surface area contributed by atoms with E-state index in [1.165, 1.54) is 0 Å². The van der Waals surface area contributed by atoms with Crippen LogP contribution in [-0.4, -0.2) is 32.8 Å². The Labute approximate surface area is 135 Å². The third-order valence-electron chi connectivity index (χ3n) is 3.44. The maximum absolute atomic E-state index is 12.4. The molecule has 1 atom stereocenters. The molecule has 0 saturated heterocycles. The lowest BCUT2D eigenvalue weighted by atomic mass is 10.0. The van der Waals surface area contributed by atoms with Crippen LogP contribution < -0.4 is 5.32 Å². The van der Waals surface area contributed by atoms with Gasteiger partial charge in [0.05, 0.1) is 5.69 Å². The van der Waals surface area contributed by atoms with E-state index in [2.05, 4.69) is 10.4 Å². The molecule has 1 aromatic carbocycles. The smallest absolute Gasteiger partial charge is 0.326 e. The molecule has 0 bridgehead atoms. The Kier molecular flexibility index (Phi) is 5.16. The van der Waals surface area contributed by atoms with Crippen LogP contribution in [-0.2, 0) is 4.79 Å². The predicted molar refractivity (Wildman–Crippen MR) is 86.6 cm³/mol. The Bertz CT molecular complexity index is 692. The molecule has 122 valence electrons. The number of para-hydroxylation sites is 1. The number of carboxylic acids is 1. The number of nitrogens with one attached hydrogen (secondary N) is 1. The predicted octanol–water partition coefficient (Wildman–Crippen LogP) is 2.41. The highest BCUT2D eigenvalue weighted by molar-refractivity contribution is 5.96. The van der Waals surface area contributed by atoms with Gasteiger partial charge in [-0.3, -0.25) is 4.79 Å². The van der Waals surface area contributed by atoms with E-state index in [0.717, 1.165) is 5.69 Å². The molecule has 1 amide bonds. The first-order valence-corrected chi connectivity index (χ1v) is 7.54. The fourth-order valence-electron chi connectivity index (χ4n) is 2.32. The van der Waals surface area contributed by atoms with E-state index >= 15 is 0 Å². The van der Waals surface area contributed by atoms with Crippen molar-refractivity contribution in [1.82, 2.24) is 15.1 Å². The molecular formula is C17H21N3O3. The van der Waals surface area contributed by atoms with Crippen LogP contribution in [0.3, 0.4) is 0 Å². The first-order valence-electron chi connectivity index (χ1n) is 7.54. The number of aliphatic carboxylic acids is 1. The Morgan fingerprint density at radius 3 is 2.48 bits per heavy atom. The largest absolute Gasteiger partial charge is 0.480 e. The van der Waals surface area contributed by atoms with Gasteiger partial charge >= 0.3 is 5.97 Å². The molecule has 0 aliphatic heterocycles. The highest BCUT2D eigenvalue weighted by Crippen LogP contribution is 2.12. The van der Waals surface area contributed by atoms with E-state index in [1.54, 1.807) is 17.8 Å². The van der Waals surface area contributed by atoms with Crippen molar-refractivity contribution in [3.05, 3.63) is 47.8 Å². The van der Waals surface area contributed by atoms with Gasteiger partial charge in [0.25, 0.3) is 5.91 Å². The molecule has 0 fully saturated rings. The number of aryl methyl sites for hydroxylation is 1. The maximum atomic E-state index is 12.4. The summed E-state index contributed by atoms with van der Waals surface area (Å²) >= 11 is 0. The van der Waals surface area contributed by atoms with Crippen molar-refractivity contribution >= 4 is 11.9 Å². The standard InChI is InChI=1S/C17H21N3O3/c1-11(2)9-14(17(22)23)18-16(21)15-12(3)10-20(19-15)13-7-5-4-6-8-13/h4-8,10-11,14H,9H2,1-3H3,(H,18,21)(H,22,23)/t14-/m1/s1. The van der Waals surface area contributed by atoms with Gasteiger partial charge in [0.15, 0.2) is 5.69 Å². The molecule has 6 nitrogen and oxygen atoms in total. The molecule has 0 saturated carbocycles. The topological polar surface area (TPSA) is 84.2 Å². The summed E-state index contributed by atoms with van der Waals surface area (Å²) in [6.07, 6.45) is 2.13. The second kappa shape index (κ2) is 7.09. The third kappa shape index (κ3) is 4.18. The summed E-state index contributed by atoms with van der Waals surface area (Å²) in [4.78, 5) is 23.6. The molecule has 0 aliphatic carbocycles. The minimum atomic E-state index is -1.04. The summed E-state index contributed by atoms with van der Waals surface area (Å²) in [5.41, 5.74) is 1.77. The van der Waals surface area contributed by atoms with Gasteiger partial charge in [-0.15, -0.1) is 0 Å². The van der Waals surface area contributed by atoms with Gasteiger partial charge in [0.1, 0.15) is 6.04 Å². The summed E-state index contributed by atoms with van der Waals surface area (Å²) in [6, 6.07) is 8.52. The zero-order valence-corrected chi connectivity index (χ0v) is 13.5. The van der Waals surface area contributed by atoms with Gasteiger partial charge in [-0.25, -0.2) is 9.48 Å². The number of hydrogen-bond acceptors (Lipinski definition) is 3. The SMILES string of the molecule is Cc1cn(-c2ccccc2)nc1C(=O)N[C@H](CC(C)C)C(=O)O. The van der Waals surface area contributed by atoms with Crippen LogP contribution in [0.2, 0.25) is 0 Å². The number of hydrogen-bond donors (Lipinski definition) is 2. The Morgan fingerprint density at radius 1 is 1.26 bits per heavy atom. The van der Waals surface area contributed by atoms with E-state index in [-0.39, 0.29) is 11.6 Å². The highest BCUT2D eigenvalue weighted by atomic mass is 16.4. The van der Waals surface area contributed by atoms with E-state index in [0.29, 0.717) is 12.0 Å². The molecule has 1 heterocycles. The number of benzene rings is 1. The van der Waals surface area contributed by atoms with E-state index in [1.807, 2.05) is 44.2 Å². The minimum Gasteiger partial charge on any atom is -0.480 e. The first kappa shape index (κ1) is 16.7. The zero-order valence-electron chi connectivity index (χ0n) is 13.5. The monoisotopic (exact) mass is 315 g/mol. The van der Waals surface area contributed by atoms with Crippen molar-refractivity contribution in [3.63, 3.8) is 0 Å². The summed E-state index contributed by atoms with van der Waals surface area (Å²) in [6.45, 7) is 5.61. The molecule has 2 N–H and O–H groups in total. The van der Waals surface area contributed by atoms with Crippen LogP contribution in [0.25, 0.3) is 5.69 Å². The molecule has 0 radical (unpaired) electrons. The van der Waals surface area contributed by atoms with Gasteiger partial charge in [0, 0.05) is 11.8 Å². The number of carbonyl (C=O) groups excluding carboxylic acids is 1. The van der Waals surface area contributed by atoms with E-state index in [9.17, 15) is 14.7 Å². The van der Waals surface area contributed by atoms with Crippen LogP contribution in [0.5, 0.6) is 0 Å². The number of rotatable bonds is 6. The Balaban J connectivity index is 2.19. The minimum absolute atomic E-state index is 0.166. The summed E-state index contributed by atoms with van der Waals surface area (Å²) in [5.74, 6) is -1.34. The lowest BCUT2D eigenvalue weighted by molar-refractivity contribution is -0.139. The number of carboxylic acid groups (broad SMARTS) is 1. The molecule has 6 heteroatoms. The van der Waals surface area contributed by atoms with Crippen molar-refractivity contribution in [1.29, 1.82) is 0 Å². The van der Waals surface area contributed by atoms with Gasteiger partial charge in [-0.2, -0.15) is 5.10 Å².